The maximum Gasteiger partial charge on any atom is 0.239 e. The average molecular weight is 242 g/mol. The molecule has 1 aliphatic carbocycles. The summed E-state index contributed by atoms with van der Waals surface area (Å²) in [5.41, 5.74) is 0. The summed E-state index contributed by atoms with van der Waals surface area (Å²) in [7, 11) is 0. The summed E-state index contributed by atoms with van der Waals surface area (Å²) in [6.45, 7) is 10.4. The summed E-state index contributed by atoms with van der Waals surface area (Å²) in [5, 5.41) is 3.38. The minimum absolute atomic E-state index is 0.0810. The third-order valence-corrected chi connectivity index (χ3v) is 3.43. The van der Waals surface area contributed by atoms with Crippen molar-refractivity contribution < 1.29 is 9.53 Å². The molecule has 0 aliphatic heterocycles. The Morgan fingerprint density at radius 2 is 1.94 bits per heavy atom. The van der Waals surface area contributed by atoms with Crippen LogP contribution in [-0.2, 0) is 9.53 Å². The van der Waals surface area contributed by atoms with Crippen molar-refractivity contribution in [1.82, 2.24) is 10.2 Å². The molecule has 1 saturated carbocycles. The smallest absolute Gasteiger partial charge is 0.239 e. The molecule has 0 bridgehead atoms. The number of rotatable bonds is 7. The lowest BCUT2D eigenvalue weighted by molar-refractivity contribution is -0.133. The Labute approximate surface area is 105 Å². The first kappa shape index (κ1) is 14.5. The first-order chi connectivity index (χ1) is 8.12. The van der Waals surface area contributed by atoms with Gasteiger partial charge in [0.1, 0.15) is 0 Å². The lowest BCUT2D eigenvalue weighted by Crippen LogP contribution is -2.53. The lowest BCUT2D eigenvalue weighted by Gasteiger charge is -2.37. The molecule has 1 fully saturated rings. The molecule has 17 heavy (non-hydrogen) atoms. The Bertz CT molecular complexity index is 236. The van der Waals surface area contributed by atoms with Crippen LogP contribution in [0, 0.1) is 0 Å². The number of ether oxygens (including phenoxy) is 1. The summed E-state index contributed by atoms with van der Waals surface area (Å²) >= 11 is 0. The summed E-state index contributed by atoms with van der Waals surface area (Å²) in [5.74, 6) is 0.204. The maximum atomic E-state index is 12.0. The molecule has 1 unspecified atom stereocenters. The molecule has 0 spiro atoms. The molecule has 1 N–H and O–H groups in total. The normalized spacial score (nSPS) is 25.2. The van der Waals surface area contributed by atoms with E-state index in [0.29, 0.717) is 12.1 Å². The van der Waals surface area contributed by atoms with Crippen molar-refractivity contribution in [3.05, 3.63) is 0 Å². The molecule has 0 heterocycles. The predicted octanol–water partition coefficient (Wildman–Crippen LogP) is 1.40. The Morgan fingerprint density at radius 3 is 2.41 bits per heavy atom. The van der Waals surface area contributed by atoms with Crippen LogP contribution in [-0.4, -0.2) is 48.7 Å². The Balaban J connectivity index is 2.26. The van der Waals surface area contributed by atoms with Gasteiger partial charge in [-0.25, -0.2) is 0 Å². The number of carbonyl (C=O) groups excluding carboxylic acids is 1. The van der Waals surface area contributed by atoms with E-state index in [-0.39, 0.29) is 11.9 Å². The van der Waals surface area contributed by atoms with Crippen LogP contribution >= 0.6 is 0 Å². The highest BCUT2D eigenvalue weighted by atomic mass is 16.5. The van der Waals surface area contributed by atoms with E-state index in [1.807, 2.05) is 32.6 Å². The van der Waals surface area contributed by atoms with E-state index in [2.05, 4.69) is 5.32 Å². The zero-order chi connectivity index (χ0) is 12.8. The monoisotopic (exact) mass is 242 g/mol. The number of carbonyl (C=O) groups is 1. The lowest BCUT2D eigenvalue weighted by atomic mass is 9.88. The highest BCUT2D eigenvalue weighted by Gasteiger charge is 2.32. The van der Waals surface area contributed by atoms with Crippen molar-refractivity contribution in [2.24, 2.45) is 0 Å². The molecule has 0 aromatic heterocycles. The van der Waals surface area contributed by atoms with E-state index in [0.717, 1.165) is 32.5 Å². The predicted molar refractivity (Wildman–Crippen MR) is 69.0 cm³/mol. The van der Waals surface area contributed by atoms with Gasteiger partial charge < -0.3 is 15.0 Å². The van der Waals surface area contributed by atoms with Gasteiger partial charge in [0.05, 0.1) is 12.1 Å². The van der Waals surface area contributed by atoms with Crippen LogP contribution < -0.4 is 5.32 Å². The molecule has 1 rings (SSSR count). The molecule has 0 aromatic rings. The summed E-state index contributed by atoms with van der Waals surface area (Å²) in [4.78, 5) is 13.9. The molecule has 1 aliphatic rings. The van der Waals surface area contributed by atoms with E-state index in [9.17, 15) is 4.79 Å². The summed E-state index contributed by atoms with van der Waals surface area (Å²) in [6, 6.07) is 0.364. The average Bonchev–Trinajstić information content (AvgIpc) is 2.27. The number of amides is 1. The molecular weight excluding hydrogens is 216 g/mol. The number of hydrogen-bond acceptors (Lipinski definition) is 3. The molecule has 0 aromatic carbocycles. The molecular formula is C13H26N2O2. The molecule has 100 valence electrons. The number of nitrogens with zero attached hydrogens (tertiary/aromatic N) is 1. The fourth-order valence-electron chi connectivity index (χ4n) is 2.31. The van der Waals surface area contributed by atoms with Crippen molar-refractivity contribution in [3.8, 4) is 0 Å². The Hall–Kier alpha value is -0.610. The van der Waals surface area contributed by atoms with Crippen LogP contribution in [0.2, 0.25) is 0 Å². The molecule has 1 amide bonds. The summed E-state index contributed by atoms with van der Waals surface area (Å²) in [6.07, 6.45) is 2.46. The fourth-order valence-corrected chi connectivity index (χ4v) is 2.31. The van der Waals surface area contributed by atoms with E-state index < -0.39 is 0 Å². The van der Waals surface area contributed by atoms with Crippen molar-refractivity contribution in [2.75, 3.05) is 19.7 Å². The minimum atomic E-state index is -0.0810. The quantitative estimate of drug-likeness (QED) is 0.734. The van der Waals surface area contributed by atoms with Gasteiger partial charge in [0.2, 0.25) is 5.91 Å². The van der Waals surface area contributed by atoms with Crippen molar-refractivity contribution in [3.63, 3.8) is 0 Å². The third-order valence-electron chi connectivity index (χ3n) is 3.43. The molecule has 1 atom stereocenters. The van der Waals surface area contributed by atoms with Gasteiger partial charge in [0.25, 0.3) is 0 Å². The van der Waals surface area contributed by atoms with Crippen LogP contribution in [0.3, 0.4) is 0 Å². The topological polar surface area (TPSA) is 41.6 Å². The minimum Gasteiger partial charge on any atom is -0.378 e. The Morgan fingerprint density at radius 1 is 1.35 bits per heavy atom. The maximum absolute atomic E-state index is 12.0. The largest absolute Gasteiger partial charge is 0.378 e. The fraction of sp³-hybridized carbons (Fsp3) is 0.923. The van der Waals surface area contributed by atoms with Crippen molar-refractivity contribution >= 4 is 5.91 Å². The van der Waals surface area contributed by atoms with Gasteiger partial charge in [-0.15, -0.1) is 0 Å². The molecule has 0 saturated heterocycles. The van der Waals surface area contributed by atoms with E-state index in [1.165, 1.54) is 0 Å². The Kier molecular flexibility index (Phi) is 5.92. The van der Waals surface area contributed by atoms with Crippen LogP contribution in [0.25, 0.3) is 0 Å². The van der Waals surface area contributed by atoms with Gasteiger partial charge in [-0.05, 0) is 40.5 Å². The first-order valence-electron chi connectivity index (χ1n) is 6.78. The van der Waals surface area contributed by atoms with Crippen LogP contribution in [0.4, 0.5) is 0 Å². The van der Waals surface area contributed by atoms with Crippen molar-refractivity contribution in [2.45, 2.75) is 58.7 Å². The van der Waals surface area contributed by atoms with Gasteiger partial charge in [-0.1, -0.05) is 0 Å². The molecule has 0 radical (unpaired) electrons. The van der Waals surface area contributed by atoms with Crippen LogP contribution in [0.1, 0.15) is 40.5 Å². The second-order valence-electron chi connectivity index (χ2n) is 4.64. The van der Waals surface area contributed by atoms with E-state index in [4.69, 9.17) is 4.74 Å². The van der Waals surface area contributed by atoms with Gasteiger partial charge in [-0.3, -0.25) is 4.79 Å². The van der Waals surface area contributed by atoms with Crippen LogP contribution in [0.15, 0.2) is 0 Å². The van der Waals surface area contributed by atoms with E-state index in [1.54, 1.807) is 0 Å². The van der Waals surface area contributed by atoms with Crippen molar-refractivity contribution in [1.29, 1.82) is 0 Å². The zero-order valence-corrected chi connectivity index (χ0v) is 11.5. The van der Waals surface area contributed by atoms with E-state index >= 15 is 0 Å². The second-order valence-corrected chi connectivity index (χ2v) is 4.64. The third kappa shape index (κ3) is 3.96. The molecule has 4 nitrogen and oxygen atoms in total. The highest BCUT2D eigenvalue weighted by molar-refractivity contribution is 5.81. The molecule has 4 heteroatoms. The zero-order valence-electron chi connectivity index (χ0n) is 11.5. The SMILES string of the molecule is CCOC1CC(NC(C)C(=O)N(CC)CC)C1. The van der Waals surface area contributed by atoms with Gasteiger partial charge in [-0.2, -0.15) is 0 Å². The van der Waals surface area contributed by atoms with Gasteiger partial charge in [0.15, 0.2) is 0 Å². The van der Waals surface area contributed by atoms with Gasteiger partial charge >= 0.3 is 0 Å². The highest BCUT2D eigenvalue weighted by Crippen LogP contribution is 2.23. The number of hydrogen-bond donors (Lipinski definition) is 1. The number of likely N-dealkylation sites (N-methyl/N-ethyl adjacent to an activating group) is 1. The van der Waals surface area contributed by atoms with Gasteiger partial charge in [0, 0.05) is 25.7 Å². The second kappa shape index (κ2) is 6.97. The first-order valence-corrected chi connectivity index (χ1v) is 6.78. The number of nitrogens with one attached hydrogen (secondary N) is 1. The summed E-state index contributed by atoms with van der Waals surface area (Å²) < 4.78 is 5.50. The van der Waals surface area contributed by atoms with Crippen LogP contribution in [0.5, 0.6) is 0 Å². The standard InChI is InChI=1S/C13H26N2O2/c1-5-15(6-2)13(16)10(4)14-11-8-12(9-11)17-7-3/h10-12,14H,5-9H2,1-4H3.